The molecule has 3 rings (SSSR count). The average molecular weight is 388 g/mol. The van der Waals surface area contributed by atoms with Gasteiger partial charge >= 0.3 is 0 Å². The molecule has 6 heteroatoms. The Labute approximate surface area is 165 Å². The van der Waals surface area contributed by atoms with E-state index in [1.54, 1.807) is 11.3 Å². The Morgan fingerprint density at radius 2 is 2.00 bits per heavy atom. The second-order valence-electron chi connectivity index (χ2n) is 7.20. The smallest absolute Gasteiger partial charge is 0.258 e. The van der Waals surface area contributed by atoms with Crippen molar-refractivity contribution < 1.29 is 9.53 Å². The van der Waals surface area contributed by atoms with Crippen LogP contribution < -0.4 is 10.1 Å². The fourth-order valence-corrected chi connectivity index (χ4v) is 4.05. The van der Waals surface area contributed by atoms with E-state index in [2.05, 4.69) is 39.0 Å². The minimum atomic E-state index is -0.0785. The van der Waals surface area contributed by atoms with Crippen LogP contribution >= 0.6 is 11.3 Å². The van der Waals surface area contributed by atoms with E-state index in [0.717, 1.165) is 37.5 Å². The van der Waals surface area contributed by atoms with E-state index in [1.165, 1.54) is 11.1 Å². The van der Waals surface area contributed by atoms with Gasteiger partial charge in [0.2, 0.25) is 0 Å². The first-order valence-electron chi connectivity index (χ1n) is 9.45. The number of ether oxygens (including phenoxy) is 1. The van der Waals surface area contributed by atoms with Crippen molar-refractivity contribution in [3.63, 3.8) is 0 Å². The van der Waals surface area contributed by atoms with E-state index in [9.17, 15) is 4.79 Å². The van der Waals surface area contributed by atoms with Crippen molar-refractivity contribution in [2.24, 2.45) is 0 Å². The van der Waals surface area contributed by atoms with Crippen LogP contribution in [0.4, 0.5) is 0 Å². The molecule has 0 aliphatic carbocycles. The predicted octanol–water partition coefficient (Wildman–Crippen LogP) is 2.85. The van der Waals surface area contributed by atoms with Gasteiger partial charge in [-0.25, -0.2) is 0 Å². The second-order valence-corrected chi connectivity index (χ2v) is 7.98. The molecule has 1 aliphatic heterocycles. The van der Waals surface area contributed by atoms with Gasteiger partial charge in [0.15, 0.2) is 6.61 Å². The highest BCUT2D eigenvalue weighted by Crippen LogP contribution is 2.24. The number of hydrogen-bond acceptors (Lipinski definition) is 5. The lowest BCUT2D eigenvalue weighted by atomic mass is 10.1. The van der Waals surface area contributed by atoms with Crippen LogP contribution in [0.5, 0.6) is 5.75 Å². The summed E-state index contributed by atoms with van der Waals surface area (Å²) < 4.78 is 5.73. The van der Waals surface area contributed by atoms with Gasteiger partial charge in [-0.3, -0.25) is 9.69 Å². The zero-order valence-electron chi connectivity index (χ0n) is 16.4. The number of rotatable bonds is 7. The summed E-state index contributed by atoms with van der Waals surface area (Å²) in [6, 6.07) is 8.29. The number of amides is 1. The van der Waals surface area contributed by atoms with Crippen molar-refractivity contribution in [3.8, 4) is 5.75 Å². The summed E-state index contributed by atoms with van der Waals surface area (Å²) >= 11 is 1.70. The van der Waals surface area contributed by atoms with Crippen molar-refractivity contribution >= 4 is 17.2 Å². The summed E-state index contributed by atoms with van der Waals surface area (Å²) in [5.74, 6) is 0.698. The van der Waals surface area contributed by atoms with E-state index < -0.39 is 0 Å². The van der Waals surface area contributed by atoms with Crippen LogP contribution in [-0.2, 0) is 4.79 Å². The molecule has 1 unspecified atom stereocenters. The highest BCUT2D eigenvalue weighted by molar-refractivity contribution is 7.07. The third kappa shape index (κ3) is 5.31. The van der Waals surface area contributed by atoms with Crippen molar-refractivity contribution in [1.82, 2.24) is 15.1 Å². The number of hydrogen-bond donors (Lipinski definition) is 1. The van der Waals surface area contributed by atoms with Crippen molar-refractivity contribution in [2.75, 3.05) is 46.4 Å². The SMILES string of the molecule is Cc1cccc(OCC(=O)NCC(c2ccsc2)N2CCN(C)CC2)c1C. The Bertz CT molecular complexity index is 740. The van der Waals surface area contributed by atoms with Gasteiger partial charge in [0.1, 0.15) is 5.75 Å². The number of nitrogens with zero attached hydrogens (tertiary/aromatic N) is 2. The van der Waals surface area contributed by atoms with Crippen LogP contribution in [0.15, 0.2) is 35.0 Å². The molecular weight excluding hydrogens is 358 g/mol. The molecule has 5 nitrogen and oxygen atoms in total. The zero-order chi connectivity index (χ0) is 19.2. The van der Waals surface area contributed by atoms with Gasteiger partial charge in [-0.05, 0) is 60.5 Å². The monoisotopic (exact) mass is 387 g/mol. The number of benzene rings is 1. The first-order chi connectivity index (χ1) is 13.0. The summed E-state index contributed by atoms with van der Waals surface area (Å²) in [4.78, 5) is 17.2. The quantitative estimate of drug-likeness (QED) is 0.794. The Morgan fingerprint density at radius 1 is 1.22 bits per heavy atom. The Balaban J connectivity index is 1.55. The normalized spacial score (nSPS) is 16.9. The molecule has 27 heavy (non-hydrogen) atoms. The molecule has 1 N–H and O–H groups in total. The van der Waals surface area contributed by atoms with Gasteiger partial charge in [0.25, 0.3) is 5.91 Å². The molecule has 0 bridgehead atoms. The van der Waals surface area contributed by atoms with E-state index in [-0.39, 0.29) is 18.6 Å². The van der Waals surface area contributed by atoms with E-state index in [1.807, 2.05) is 32.0 Å². The molecule has 1 fully saturated rings. The first-order valence-corrected chi connectivity index (χ1v) is 10.4. The van der Waals surface area contributed by atoms with Gasteiger partial charge < -0.3 is 15.0 Å². The molecule has 146 valence electrons. The number of thiophene rings is 1. The summed E-state index contributed by atoms with van der Waals surface area (Å²) in [5, 5.41) is 7.35. The van der Waals surface area contributed by atoms with Gasteiger partial charge in [0, 0.05) is 32.7 Å². The Kier molecular flexibility index (Phi) is 6.88. The highest BCUT2D eigenvalue weighted by Gasteiger charge is 2.24. The number of carbonyl (C=O) groups excluding carboxylic acids is 1. The molecule has 1 atom stereocenters. The number of aryl methyl sites for hydroxylation is 1. The average Bonchev–Trinajstić information content (AvgIpc) is 3.19. The van der Waals surface area contributed by atoms with Crippen LogP contribution in [0.25, 0.3) is 0 Å². The number of nitrogens with one attached hydrogen (secondary N) is 1. The van der Waals surface area contributed by atoms with Crippen LogP contribution in [0.3, 0.4) is 0 Å². The minimum Gasteiger partial charge on any atom is -0.483 e. The largest absolute Gasteiger partial charge is 0.483 e. The van der Waals surface area contributed by atoms with Gasteiger partial charge in [-0.15, -0.1) is 0 Å². The summed E-state index contributed by atoms with van der Waals surface area (Å²) in [6.07, 6.45) is 0. The molecular formula is C21H29N3O2S. The summed E-state index contributed by atoms with van der Waals surface area (Å²) in [6.45, 7) is 8.87. The van der Waals surface area contributed by atoms with Crippen LogP contribution in [-0.4, -0.2) is 62.1 Å². The first kappa shape index (κ1) is 19.9. The number of carbonyl (C=O) groups is 1. The van der Waals surface area contributed by atoms with Crippen molar-refractivity contribution in [3.05, 3.63) is 51.7 Å². The van der Waals surface area contributed by atoms with Crippen molar-refractivity contribution in [2.45, 2.75) is 19.9 Å². The number of likely N-dealkylation sites (N-methyl/N-ethyl adjacent to an activating group) is 1. The lowest BCUT2D eigenvalue weighted by Crippen LogP contribution is -2.48. The summed E-state index contributed by atoms with van der Waals surface area (Å²) in [7, 11) is 2.16. The van der Waals surface area contributed by atoms with Gasteiger partial charge in [-0.1, -0.05) is 12.1 Å². The van der Waals surface area contributed by atoms with Crippen molar-refractivity contribution in [1.29, 1.82) is 0 Å². The standard InChI is InChI=1S/C21H29N3O2S/c1-16-5-4-6-20(17(16)2)26-14-21(25)22-13-19(18-7-12-27-15-18)24-10-8-23(3)9-11-24/h4-7,12,15,19H,8-11,13-14H2,1-3H3,(H,22,25). The maximum absolute atomic E-state index is 12.4. The van der Waals surface area contributed by atoms with Gasteiger partial charge in [0.05, 0.1) is 6.04 Å². The molecule has 1 aromatic carbocycles. The molecule has 0 radical (unpaired) electrons. The molecule has 1 saturated heterocycles. The third-order valence-electron chi connectivity index (χ3n) is 5.31. The molecule has 2 aromatic rings. The molecule has 1 aromatic heterocycles. The Morgan fingerprint density at radius 3 is 2.70 bits per heavy atom. The van der Waals surface area contributed by atoms with Crippen LogP contribution in [0.1, 0.15) is 22.7 Å². The molecule has 0 saturated carbocycles. The summed E-state index contributed by atoms with van der Waals surface area (Å²) in [5.41, 5.74) is 3.53. The molecule has 1 amide bonds. The fraction of sp³-hybridized carbons (Fsp3) is 0.476. The topological polar surface area (TPSA) is 44.8 Å². The van der Waals surface area contributed by atoms with E-state index >= 15 is 0 Å². The fourth-order valence-electron chi connectivity index (χ4n) is 3.34. The van der Waals surface area contributed by atoms with Crippen LogP contribution in [0.2, 0.25) is 0 Å². The predicted molar refractivity (Wildman–Crippen MR) is 111 cm³/mol. The number of piperazine rings is 1. The molecule has 1 aliphatic rings. The molecule has 2 heterocycles. The Hall–Kier alpha value is -1.89. The second kappa shape index (κ2) is 9.35. The lowest BCUT2D eigenvalue weighted by molar-refractivity contribution is -0.123. The third-order valence-corrected chi connectivity index (χ3v) is 6.01. The minimum absolute atomic E-state index is 0.0450. The van der Waals surface area contributed by atoms with Crippen LogP contribution in [0, 0.1) is 13.8 Å². The lowest BCUT2D eigenvalue weighted by Gasteiger charge is -2.38. The highest BCUT2D eigenvalue weighted by atomic mass is 32.1. The molecule has 0 spiro atoms. The maximum atomic E-state index is 12.4. The zero-order valence-corrected chi connectivity index (χ0v) is 17.2. The maximum Gasteiger partial charge on any atom is 0.258 e. The van der Waals surface area contributed by atoms with Gasteiger partial charge in [-0.2, -0.15) is 11.3 Å². The van der Waals surface area contributed by atoms with E-state index in [4.69, 9.17) is 4.74 Å². The van der Waals surface area contributed by atoms with E-state index in [0.29, 0.717) is 6.54 Å².